The number of rotatable bonds is 4. The van der Waals surface area contributed by atoms with Gasteiger partial charge in [0.05, 0.1) is 16.7 Å². The predicted molar refractivity (Wildman–Crippen MR) is 144 cm³/mol. The van der Waals surface area contributed by atoms with E-state index in [2.05, 4.69) is 90.8 Å². The molecule has 0 aliphatic rings. The number of nitrogens with zero attached hydrogens (tertiary/aromatic N) is 3. The van der Waals surface area contributed by atoms with E-state index in [1.165, 1.54) is 5.56 Å². The molecular formula is C32H23N3. The number of pyridine rings is 1. The topological polar surface area (TPSA) is 38.7 Å². The van der Waals surface area contributed by atoms with Crippen molar-refractivity contribution in [2.75, 3.05) is 0 Å². The lowest BCUT2D eigenvalue weighted by Gasteiger charge is -2.15. The molecule has 2 aromatic heterocycles. The molecule has 6 aromatic rings. The Kier molecular flexibility index (Phi) is 5.36. The van der Waals surface area contributed by atoms with Gasteiger partial charge in [0.25, 0.3) is 0 Å². The maximum Gasteiger partial charge on any atom is 0.0971 e. The van der Waals surface area contributed by atoms with Gasteiger partial charge in [-0.1, -0.05) is 90.5 Å². The van der Waals surface area contributed by atoms with Crippen LogP contribution in [-0.2, 0) is 0 Å². The van der Waals surface area contributed by atoms with Crippen LogP contribution < -0.4 is 0 Å². The molecule has 0 amide bonds. The van der Waals surface area contributed by atoms with Gasteiger partial charge in [0.15, 0.2) is 0 Å². The smallest absolute Gasteiger partial charge is 0.0971 e. The first kappa shape index (κ1) is 20.9. The first-order valence-corrected chi connectivity index (χ1v) is 11.7. The van der Waals surface area contributed by atoms with E-state index in [1.54, 1.807) is 12.4 Å². The molecule has 0 saturated heterocycles. The second kappa shape index (κ2) is 8.96. The normalized spacial score (nSPS) is 11.0. The Morgan fingerprint density at radius 1 is 0.429 bits per heavy atom. The molecule has 0 unspecified atom stereocenters. The Hall–Kier alpha value is -4.63. The summed E-state index contributed by atoms with van der Waals surface area (Å²) in [6.45, 7) is 2.10. The quantitative estimate of drug-likeness (QED) is 0.274. The Morgan fingerprint density at radius 3 is 1.80 bits per heavy atom. The summed E-state index contributed by atoms with van der Waals surface area (Å²) in [6, 6.07) is 35.9. The van der Waals surface area contributed by atoms with Crippen LogP contribution >= 0.6 is 0 Å². The molecule has 0 radical (unpaired) electrons. The minimum atomic E-state index is 0.890. The first-order valence-electron chi connectivity index (χ1n) is 11.7. The summed E-state index contributed by atoms with van der Waals surface area (Å²) in [5.41, 5.74) is 11.7. The average Bonchev–Trinajstić information content (AvgIpc) is 2.94. The SMILES string of the molecule is Cc1ccc(-c2ccc(-c3cc(-c4ccccn4)ccc3-c3ccccc3)c3nccnc23)cc1. The van der Waals surface area contributed by atoms with Gasteiger partial charge < -0.3 is 0 Å². The zero-order valence-electron chi connectivity index (χ0n) is 19.4. The number of aryl methyl sites for hydroxylation is 1. The maximum atomic E-state index is 4.82. The Balaban J connectivity index is 1.61. The van der Waals surface area contributed by atoms with E-state index in [-0.39, 0.29) is 0 Å². The number of aromatic nitrogens is 3. The zero-order chi connectivity index (χ0) is 23.6. The van der Waals surface area contributed by atoms with E-state index < -0.39 is 0 Å². The fraction of sp³-hybridized carbons (Fsp3) is 0.0312. The highest BCUT2D eigenvalue weighted by molar-refractivity contribution is 6.03. The summed E-state index contributed by atoms with van der Waals surface area (Å²) in [5, 5.41) is 0. The number of benzene rings is 4. The molecule has 3 heteroatoms. The van der Waals surface area contributed by atoms with Gasteiger partial charge in [-0.2, -0.15) is 0 Å². The summed E-state index contributed by atoms with van der Waals surface area (Å²) in [7, 11) is 0. The standard InChI is InChI=1S/C32H23N3/c1-22-10-12-24(13-11-22)27-16-17-28(32-31(27)34-19-20-35-32)29-21-25(30-9-5-6-18-33-30)14-15-26(29)23-7-3-2-4-8-23/h2-21H,1H3. The van der Waals surface area contributed by atoms with E-state index in [0.717, 1.165) is 55.7 Å². The molecule has 0 aliphatic heterocycles. The molecular weight excluding hydrogens is 426 g/mol. The Bertz CT molecular complexity index is 1620. The van der Waals surface area contributed by atoms with Crippen LogP contribution in [0.15, 0.2) is 122 Å². The van der Waals surface area contributed by atoms with Crippen LogP contribution in [-0.4, -0.2) is 15.0 Å². The van der Waals surface area contributed by atoms with Crippen molar-refractivity contribution >= 4 is 11.0 Å². The molecule has 0 saturated carbocycles. The van der Waals surface area contributed by atoms with E-state index in [1.807, 2.05) is 30.5 Å². The third kappa shape index (κ3) is 3.98. The van der Waals surface area contributed by atoms with E-state index in [0.29, 0.717) is 0 Å². The second-order valence-electron chi connectivity index (χ2n) is 8.62. The van der Waals surface area contributed by atoms with Crippen LogP contribution in [0.25, 0.3) is 55.7 Å². The van der Waals surface area contributed by atoms with Gasteiger partial charge in [0.1, 0.15) is 0 Å². The van der Waals surface area contributed by atoms with Gasteiger partial charge in [0.2, 0.25) is 0 Å². The van der Waals surface area contributed by atoms with Crippen molar-refractivity contribution in [2.45, 2.75) is 6.92 Å². The van der Waals surface area contributed by atoms with Crippen molar-refractivity contribution in [3.8, 4) is 44.6 Å². The summed E-state index contributed by atoms with van der Waals surface area (Å²) in [4.78, 5) is 14.2. The number of fused-ring (bicyclic) bond motifs is 1. The van der Waals surface area contributed by atoms with Gasteiger partial charge in [0, 0.05) is 35.3 Å². The van der Waals surface area contributed by atoms with Gasteiger partial charge in [-0.3, -0.25) is 15.0 Å². The second-order valence-corrected chi connectivity index (χ2v) is 8.62. The van der Waals surface area contributed by atoms with Crippen molar-refractivity contribution in [2.24, 2.45) is 0 Å². The van der Waals surface area contributed by atoms with Crippen LogP contribution in [0, 0.1) is 6.92 Å². The Morgan fingerprint density at radius 2 is 1.06 bits per heavy atom. The largest absolute Gasteiger partial charge is 0.256 e. The van der Waals surface area contributed by atoms with Crippen molar-refractivity contribution in [1.82, 2.24) is 15.0 Å². The maximum absolute atomic E-state index is 4.82. The van der Waals surface area contributed by atoms with Crippen LogP contribution in [0.2, 0.25) is 0 Å². The predicted octanol–water partition coefficient (Wildman–Crippen LogP) is 8.00. The van der Waals surface area contributed by atoms with Crippen molar-refractivity contribution in [3.63, 3.8) is 0 Å². The molecule has 4 aromatic carbocycles. The van der Waals surface area contributed by atoms with Crippen LogP contribution in [0.5, 0.6) is 0 Å². The molecule has 0 bridgehead atoms. The minimum Gasteiger partial charge on any atom is -0.256 e. The van der Waals surface area contributed by atoms with E-state index in [9.17, 15) is 0 Å². The molecule has 0 aliphatic carbocycles. The van der Waals surface area contributed by atoms with Crippen molar-refractivity contribution in [3.05, 3.63) is 127 Å². The van der Waals surface area contributed by atoms with Crippen LogP contribution in [0.3, 0.4) is 0 Å². The fourth-order valence-corrected chi connectivity index (χ4v) is 4.57. The van der Waals surface area contributed by atoms with E-state index >= 15 is 0 Å². The lowest BCUT2D eigenvalue weighted by atomic mass is 9.90. The third-order valence-corrected chi connectivity index (χ3v) is 6.34. The van der Waals surface area contributed by atoms with Crippen LogP contribution in [0.4, 0.5) is 0 Å². The van der Waals surface area contributed by atoms with Gasteiger partial charge >= 0.3 is 0 Å². The van der Waals surface area contributed by atoms with Crippen molar-refractivity contribution in [1.29, 1.82) is 0 Å². The molecule has 2 heterocycles. The number of hydrogen-bond acceptors (Lipinski definition) is 3. The summed E-state index contributed by atoms with van der Waals surface area (Å²) in [5.74, 6) is 0. The summed E-state index contributed by atoms with van der Waals surface area (Å²) < 4.78 is 0. The molecule has 0 spiro atoms. The highest BCUT2D eigenvalue weighted by Crippen LogP contribution is 2.40. The van der Waals surface area contributed by atoms with Crippen LogP contribution in [0.1, 0.15) is 5.56 Å². The van der Waals surface area contributed by atoms with Gasteiger partial charge in [-0.15, -0.1) is 0 Å². The average molecular weight is 450 g/mol. The Labute approximate surface area is 204 Å². The lowest BCUT2D eigenvalue weighted by Crippen LogP contribution is -1.94. The van der Waals surface area contributed by atoms with Gasteiger partial charge in [-0.05, 0) is 47.4 Å². The molecule has 0 atom stereocenters. The fourth-order valence-electron chi connectivity index (χ4n) is 4.57. The van der Waals surface area contributed by atoms with Gasteiger partial charge in [-0.25, -0.2) is 0 Å². The minimum absolute atomic E-state index is 0.890. The molecule has 166 valence electrons. The molecule has 3 nitrogen and oxygen atoms in total. The first-order chi connectivity index (χ1) is 17.3. The molecule has 35 heavy (non-hydrogen) atoms. The highest BCUT2D eigenvalue weighted by Gasteiger charge is 2.16. The molecule has 6 rings (SSSR count). The van der Waals surface area contributed by atoms with Crippen molar-refractivity contribution < 1.29 is 0 Å². The third-order valence-electron chi connectivity index (χ3n) is 6.34. The monoisotopic (exact) mass is 449 g/mol. The zero-order valence-corrected chi connectivity index (χ0v) is 19.4. The highest BCUT2D eigenvalue weighted by atomic mass is 14.8. The lowest BCUT2D eigenvalue weighted by molar-refractivity contribution is 1.29. The number of hydrogen-bond donors (Lipinski definition) is 0. The van der Waals surface area contributed by atoms with E-state index in [4.69, 9.17) is 9.97 Å². The molecule has 0 fully saturated rings. The summed E-state index contributed by atoms with van der Waals surface area (Å²) in [6.07, 6.45) is 5.37. The summed E-state index contributed by atoms with van der Waals surface area (Å²) >= 11 is 0. The molecule has 0 N–H and O–H groups in total.